The molecule has 0 unspecified atom stereocenters. The van der Waals surface area contributed by atoms with E-state index in [1.54, 1.807) is 18.3 Å². The molecule has 0 aliphatic heterocycles. The summed E-state index contributed by atoms with van der Waals surface area (Å²) < 4.78 is 2.07. The van der Waals surface area contributed by atoms with Gasteiger partial charge in [-0.05, 0) is 29.7 Å². The molecule has 2 heterocycles. The van der Waals surface area contributed by atoms with Crippen LogP contribution in [0, 0.1) is 0 Å². The molecule has 0 radical (unpaired) electrons. The van der Waals surface area contributed by atoms with E-state index in [-0.39, 0.29) is 5.91 Å². The second-order valence-corrected chi connectivity index (χ2v) is 5.07. The van der Waals surface area contributed by atoms with Gasteiger partial charge in [0, 0.05) is 30.9 Å². The lowest BCUT2D eigenvalue weighted by molar-refractivity contribution is -0.116. The molecule has 0 aliphatic rings. The average Bonchev–Trinajstić information content (AvgIpc) is 2.91. The van der Waals surface area contributed by atoms with Crippen LogP contribution in [0.3, 0.4) is 0 Å². The molecule has 4 nitrogen and oxygen atoms in total. The van der Waals surface area contributed by atoms with Crippen molar-refractivity contribution < 1.29 is 4.79 Å². The molecule has 21 heavy (non-hydrogen) atoms. The fourth-order valence-corrected chi connectivity index (χ4v) is 2.42. The minimum atomic E-state index is -0.0809. The fourth-order valence-electron chi connectivity index (χ4n) is 2.25. The second kappa shape index (κ2) is 5.97. The van der Waals surface area contributed by atoms with Crippen LogP contribution in [0.2, 0.25) is 5.15 Å². The van der Waals surface area contributed by atoms with Crippen LogP contribution >= 0.6 is 11.6 Å². The van der Waals surface area contributed by atoms with Gasteiger partial charge >= 0.3 is 0 Å². The maximum Gasteiger partial charge on any atom is 0.226 e. The Balaban J connectivity index is 1.65. The maximum absolute atomic E-state index is 12.0. The first kappa shape index (κ1) is 13.6. The van der Waals surface area contributed by atoms with E-state index >= 15 is 0 Å². The Hall–Kier alpha value is -2.33. The van der Waals surface area contributed by atoms with E-state index < -0.39 is 0 Å². The van der Waals surface area contributed by atoms with Crippen LogP contribution in [0.1, 0.15) is 6.42 Å². The van der Waals surface area contributed by atoms with Crippen molar-refractivity contribution in [3.05, 3.63) is 60.0 Å². The number of carbonyl (C=O) groups excluding carboxylic acids is 1. The van der Waals surface area contributed by atoms with Gasteiger partial charge in [-0.2, -0.15) is 0 Å². The number of hydrogen-bond acceptors (Lipinski definition) is 2. The standard InChI is InChI=1S/C16H14ClN3O/c17-16-13(5-3-9-18-16)19-15(21)8-11-20-10-7-12-4-1-2-6-14(12)20/h1-7,9-10H,8,11H2,(H,19,21). The van der Waals surface area contributed by atoms with Crippen molar-refractivity contribution in [1.82, 2.24) is 9.55 Å². The van der Waals surface area contributed by atoms with Crippen molar-refractivity contribution in [1.29, 1.82) is 0 Å². The topological polar surface area (TPSA) is 46.9 Å². The van der Waals surface area contributed by atoms with Gasteiger partial charge in [0.1, 0.15) is 0 Å². The summed E-state index contributed by atoms with van der Waals surface area (Å²) in [5.41, 5.74) is 1.67. The third-order valence-electron chi connectivity index (χ3n) is 3.29. The Bertz CT molecular complexity index is 782. The number of fused-ring (bicyclic) bond motifs is 1. The molecular weight excluding hydrogens is 286 g/mol. The van der Waals surface area contributed by atoms with Crippen molar-refractivity contribution >= 4 is 34.1 Å². The number of para-hydroxylation sites is 1. The van der Waals surface area contributed by atoms with E-state index in [2.05, 4.69) is 20.9 Å². The van der Waals surface area contributed by atoms with Gasteiger partial charge in [0.2, 0.25) is 5.91 Å². The molecule has 106 valence electrons. The molecule has 1 amide bonds. The van der Waals surface area contributed by atoms with Crippen molar-refractivity contribution in [3.8, 4) is 0 Å². The highest BCUT2D eigenvalue weighted by atomic mass is 35.5. The minimum absolute atomic E-state index is 0.0809. The summed E-state index contributed by atoms with van der Waals surface area (Å²) in [7, 11) is 0. The van der Waals surface area contributed by atoms with Crippen LogP contribution in [-0.4, -0.2) is 15.5 Å². The fraction of sp³-hybridized carbons (Fsp3) is 0.125. The number of pyridine rings is 1. The van der Waals surface area contributed by atoms with E-state index in [9.17, 15) is 4.79 Å². The summed E-state index contributed by atoms with van der Waals surface area (Å²) in [5, 5.41) is 4.25. The Morgan fingerprint density at radius 3 is 2.90 bits per heavy atom. The number of anilines is 1. The van der Waals surface area contributed by atoms with Gasteiger partial charge in [-0.25, -0.2) is 4.98 Å². The zero-order valence-electron chi connectivity index (χ0n) is 11.3. The molecule has 3 aromatic rings. The molecule has 0 saturated carbocycles. The van der Waals surface area contributed by atoms with E-state index in [1.165, 1.54) is 5.39 Å². The lowest BCUT2D eigenvalue weighted by Gasteiger charge is -2.08. The summed E-state index contributed by atoms with van der Waals surface area (Å²) in [4.78, 5) is 15.9. The molecule has 0 aliphatic carbocycles. The highest BCUT2D eigenvalue weighted by Gasteiger charge is 2.07. The number of rotatable bonds is 4. The molecule has 5 heteroatoms. The summed E-state index contributed by atoms with van der Waals surface area (Å²) in [6, 6.07) is 13.6. The predicted molar refractivity (Wildman–Crippen MR) is 84.4 cm³/mol. The lowest BCUT2D eigenvalue weighted by Crippen LogP contribution is -2.14. The van der Waals surface area contributed by atoms with Crippen LogP contribution in [0.25, 0.3) is 10.9 Å². The van der Waals surface area contributed by atoms with Crippen molar-refractivity contribution in [3.63, 3.8) is 0 Å². The number of nitrogens with zero attached hydrogens (tertiary/aromatic N) is 2. The summed E-state index contributed by atoms with van der Waals surface area (Å²) in [6.07, 6.45) is 3.96. The molecule has 0 spiro atoms. The Kier molecular flexibility index (Phi) is 3.88. The molecule has 0 saturated heterocycles. The number of carbonyl (C=O) groups is 1. The SMILES string of the molecule is O=C(CCn1ccc2ccccc21)Nc1cccnc1Cl. The van der Waals surface area contributed by atoms with E-state index in [4.69, 9.17) is 11.6 Å². The van der Waals surface area contributed by atoms with Crippen LogP contribution < -0.4 is 5.32 Å². The third-order valence-corrected chi connectivity index (χ3v) is 3.59. The molecule has 0 bridgehead atoms. The van der Waals surface area contributed by atoms with Crippen molar-refractivity contribution in [2.45, 2.75) is 13.0 Å². The largest absolute Gasteiger partial charge is 0.347 e. The van der Waals surface area contributed by atoms with Gasteiger partial charge in [-0.3, -0.25) is 4.79 Å². The first-order valence-corrected chi connectivity index (χ1v) is 7.06. The number of hydrogen-bond donors (Lipinski definition) is 1. The van der Waals surface area contributed by atoms with Crippen molar-refractivity contribution in [2.75, 3.05) is 5.32 Å². The van der Waals surface area contributed by atoms with Gasteiger partial charge in [-0.15, -0.1) is 0 Å². The van der Waals surface area contributed by atoms with Gasteiger partial charge in [0.25, 0.3) is 0 Å². The molecule has 1 aromatic carbocycles. The normalized spacial score (nSPS) is 10.7. The molecule has 0 atom stereocenters. The summed E-state index contributed by atoms with van der Waals surface area (Å²) in [6.45, 7) is 0.622. The number of halogens is 1. The Labute approximate surface area is 127 Å². The zero-order chi connectivity index (χ0) is 14.7. The van der Waals surface area contributed by atoms with Crippen LogP contribution in [0.4, 0.5) is 5.69 Å². The molecular formula is C16H14ClN3O. The van der Waals surface area contributed by atoms with E-state index in [0.717, 1.165) is 5.52 Å². The second-order valence-electron chi connectivity index (χ2n) is 4.71. The molecule has 0 fully saturated rings. The monoisotopic (exact) mass is 299 g/mol. The van der Waals surface area contributed by atoms with Gasteiger partial charge in [-0.1, -0.05) is 29.8 Å². The predicted octanol–water partition coefficient (Wildman–Crippen LogP) is 3.72. The van der Waals surface area contributed by atoms with E-state index in [1.807, 2.05) is 30.5 Å². The minimum Gasteiger partial charge on any atom is -0.347 e. The number of aromatic nitrogens is 2. The van der Waals surface area contributed by atoms with E-state index in [0.29, 0.717) is 23.8 Å². The van der Waals surface area contributed by atoms with Gasteiger partial charge in [0.15, 0.2) is 5.15 Å². The maximum atomic E-state index is 12.0. The highest BCUT2D eigenvalue weighted by Crippen LogP contribution is 2.18. The molecule has 1 N–H and O–H groups in total. The highest BCUT2D eigenvalue weighted by molar-refractivity contribution is 6.32. The Morgan fingerprint density at radius 1 is 1.19 bits per heavy atom. The summed E-state index contributed by atoms with van der Waals surface area (Å²) in [5.74, 6) is -0.0809. The third kappa shape index (κ3) is 3.06. The van der Waals surface area contributed by atoms with Crippen LogP contribution in [-0.2, 0) is 11.3 Å². The summed E-state index contributed by atoms with van der Waals surface area (Å²) >= 11 is 5.92. The lowest BCUT2D eigenvalue weighted by atomic mass is 10.2. The number of benzene rings is 1. The first-order chi connectivity index (χ1) is 10.2. The molecule has 3 rings (SSSR count). The Morgan fingerprint density at radius 2 is 2.05 bits per heavy atom. The number of aryl methyl sites for hydroxylation is 1. The smallest absolute Gasteiger partial charge is 0.226 e. The van der Waals surface area contributed by atoms with Gasteiger partial charge < -0.3 is 9.88 Å². The first-order valence-electron chi connectivity index (χ1n) is 6.68. The quantitative estimate of drug-likeness (QED) is 0.746. The van der Waals surface area contributed by atoms with Crippen molar-refractivity contribution in [2.24, 2.45) is 0 Å². The zero-order valence-corrected chi connectivity index (χ0v) is 12.0. The van der Waals surface area contributed by atoms with Gasteiger partial charge in [0.05, 0.1) is 5.69 Å². The van der Waals surface area contributed by atoms with Crippen LogP contribution in [0.5, 0.6) is 0 Å². The van der Waals surface area contributed by atoms with Crippen LogP contribution in [0.15, 0.2) is 54.9 Å². The number of nitrogens with one attached hydrogen (secondary N) is 1. The molecule has 2 aromatic heterocycles. The average molecular weight is 300 g/mol. The number of amides is 1.